The molecule has 9 heteroatoms. The van der Waals surface area contributed by atoms with Gasteiger partial charge >= 0.3 is 0 Å². The SMILES string of the molecule is Cc1ccnnc1C(O)C1CCCN(c2nnnc3cc(N4CCOCC4)ccc23)C1. The second kappa shape index (κ2) is 8.68. The summed E-state index contributed by atoms with van der Waals surface area (Å²) >= 11 is 0. The van der Waals surface area contributed by atoms with Gasteiger partial charge in [-0.2, -0.15) is 10.2 Å². The summed E-state index contributed by atoms with van der Waals surface area (Å²) in [6, 6.07) is 8.18. The summed E-state index contributed by atoms with van der Waals surface area (Å²) in [4.78, 5) is 4.52. The first-order valence-corrected chi connectivity index (χ1v) is 10.9. The molecule has 3 aromatic rings. The second-order valence-electron chi connectivity index (χ2n) is 8.31. The van der Waals surface area contributed by atoms with E-state index in [9.17, 15) is 5.11 Å². The molecule has 2 unspecified atom stereocenters. The van der Waals surface area contributed by atoms with Crippen LogP contribution in [0, 0.1) is 12.8 Å². The molecule has 0 radical (unpaired) electrons. The Morgan fingerprint density at radius 2 is 1.94 bits per heavy atom. The minimum absolute atomic E-state index is 0.0572. The molecule has 9 nitrogen and oxygen atoms in total. The minimum Gasteiger partial charge on any atom is -0.386 e. The maximum atomic E-state index is 11.0. The van der Waals surface area contributed by atoms with Crippen molar-refractivity contribution in [2.45, 2.75) is 25.9 Å². The third kappa shape index (κ3) is 4.03. The fourth-order valence-corrected chi connectivity index (χ4v) is 4.59. The molecule has 0 saturated carbocycles. The highest BCUT2D eigenvalue weighted by Crippen LogP contribution is 2.34. The van der Waals surface area contributed by atoms with Crippen LogP contribution in [-0.2, 0) is 4.74 Å². The van der Waals surface area contributed by atoms with Crippen LogP contribution in [0.25, 0.3) is 10.9 Å². The van der Waals surface area contributed by atoms with Crippen LogP contribution in [0.15, 0.2) is 30.5 Å². The number of aryl methyl sites for hydroxylation is 1. The number of hydrogen-bond donors (Lipinski definition) is 1. The van der Waals surface area contributed by atoms with Gasteiger partial charge in [-0.1, -0.05) is 0 Å². The van der Waals surface area contributed by atoms with Gasteiger partial charge in [0.05, 0.1) is 18.9 Å². The molecule has 5 rings (SSSR count). The Morgan fingerprint density at radius 1 is 1.06 bits per heavy atom. The smallest absolute Gasteiger partial charge is 0.162 e. The number of fused-ring (bicyclic) bond motifs is 1. The number of morpholine rings is 1. The number of rotatable bonds is 4. The van der Waals surface area contributed by atoms with E-state index in [4.69, 9.17) is 4.74 Å². The average Bonchev–Trinajstić information content (AvgIpc) is 2.84. The first-order valence-electron chi connectivity index (χ1n) is 10.9. The van der Waals surface area contributed by atoms with Crippen molar-refractivity contribution in [2.75, 3.05) is 49.2 Å². The van der Waals surface area contributed by atoms with Crippen LogP contribution in [0.4, 0.5) is 11.5 Å². The molecule has 2 aromatic heterocycles. The van der Waals surface area contributed by atoms with Crippen LogP contribution in [0.5, 0.6) is 0 Å². The molecule has 162 valence electrons. The van der Waals surface area contributed by atoms with E-state index in [-0.39, 0.29) is 5.92 Å². The van der Waals surface area contributed by atoms with Gasteiger partial charge in [0.2, 0.25) is 0 Å². The Balaban J connectivity index is 1.40. The Labute approximate surface area is 181 Å². The summed E-state index contributed by atoms with van der Waals surface area (Å²) in [7, 11) is 0. The predicted octanol–water partition coefficient (Wildman–Crippen LogP) is 1.91. The summed E-state index contributed by atoms with van der Waals surface area (Å²) in [5.41, 5.74) is 3.59. The maximum absolute atomic E-state index is 11.0. The predicted molar refractivity (Wildman–Crippen MR) is 117 cm³/mol. The summed E-state index contributed by atoms with van der Waals surface area (Å²) in [6.07, 6.45) is 2.91. The van der Waals surface area contributed by atoms with Gasteiger partial charge in [-0.25, -0.2) is 0 Å². The van der Waals surface area contributed by atoms with Crippen molar-refractivity contribution in [3.63, 3.8) is 0 Å². The number of aliphatic hydroxyl groups is 1. The number of hydrogen-bond acceptors (Lipinski definition) is 9. The molecule has 0 spiro atoms. The van der Waals surface area contributed by atoms with Crippen molar-refractivity contribution in [3.05, 3.63) is 41.7 Å². The van der Waals surface area contributed by atoms with E-state index < -0.39 is 6.10 Å². The number of aromatic nitrogens is 5. The molecule has 0 bridgehead atoms. The molecular weight excluding hydrogens is 394 g/mol. The largest absolute Gasteiger partial charge is 0.386 e. The number of aliphatic hydroxyl groups excluding tert-OH is 1. The lowest BCUT2D eigenvalue weighted by Crippen LogP contribution is -2.39. The van der Waals surface area contributed by atoms with E-state index in [0.29, 0.717) is 12.2 Å². The molecule has 2 aliphatic rings. The Hall–Kier alpha value is -2.91. The number of nitrogens with zero attached hydrogens (tertiary/aromatic N) is 7. The minimum atomic E-state index is -0.648. The Kier molecular flexibility index (Phi) is 5.61. The van der Waals surface area contributed by atoms with Crippen LogP contribution >= 0.6 is 0 Å². The molecular formula is C22H27N7O2. The molecule has 31 heavy (non-hydrogen) atoms. The zero-order valence-electron chi connectivity index (χ0n) is 17.7. The van der Waals surface area contributed by atoms with Gasteiger partial charge in [0.1, 0.15) is 11.6 Å². The number of benzene rings is 1. The third-order valence-electron chi connectivity index (χ3n) is 6.34. The van der Waals surface area contributed by atoms with Crippen molar-refractivity contribution in [2.24, 2.45) is 5.92 Å². The molecule has 1 aromatic carbocycles. The van der Waals surface area contributed by atoms with Crippen LogP contribution in [0.1, 0.15) is 30.2 Å². The molecule has 2 saturated heterocycles. The summed E-state index contributed by atoms with van der Waals surface area (Å²) in [6.45, 7) is 6.77. The van der Waals surface area contributed by atoms with E-state index in [1.165, 1.54) is 0 Å². The van der Waals surface area contributed by atoms with Gasteiger partial charge in [-0.05, 0) is 54.8 Å². The van der Waals surface area contributed by atoms with E-state index in [2.05, 4.69) is 53.6 Å². The highest BCUT2D eigenvalue weighted by molar-refractivity contribution is 5.91. The number of ether oxygens (including phenoxy) is 1. The average molecular weight is 422 g/mol. The maximum Gasteiger partial charge on any atom is 0.162 e. The lowest BCUT2D eigenvalue weighted by molar-refractivity contribution is 0.0926. The first kappa shape index (κ1) is 20.0. The zero-order valence-corrected chi connectivity index (χ0v) is 17.7. The quantitative estimate of drug-likeness (QED) is 0.677. The normalized spacial score (nSPS) is 20.8. The highest BCUT2D eigenvalue weighted by atomic mass is 16.5. The van der Waals surface area contributed by atoms with Gasteiger partial charge in [-0.15, -0.1) is 10.2 Å². The van der Waals surface area contributed by atoms with Crippen molar-refractivity contribution in [1.82, 2.24) is 25.6 Å². The molecule has 2 atom stereocenters. The summed E-state index contributed by atoms with van der Waals surface area (Å²) in [5.74, 6) is 0.882. The summed E-state index contributed by atoms with van der Waals surface area (Å²) < 4.78 is 5.46. The van der Waals surface area contributed by atoms with Crippen LogP contribution in [0.3, 0.4) is 0 Å². The fraction of sp³-hybridized carbons (Fsp3) is 0.500. The standard InChI is InChI=1S/C22H27N7O2/c1-15-6-7-23-25-20(15)21(30)16-3-2-8-29(14-16)22-18-5-4-17(13-19(18)24-27-26-22)28-9-11-31-12-10-28/h4-7,13,16,21,30H,2-3,8-12,14H2,1H3. The molecule has 4 heterocycles. The molecule has 0 amide bonds. The molecule has 1 N–H and O–H groups in total. The van der Waals surface area contributed by atoms with Gasteiger partial charge in [0.25, 0.3) is 0 Å². The van der Waals surface area contributed by atoms with Crippen molar-refractivity contribution < 1.29 is 9.84 Å². The van der Waals surface area contributed by atoms with Gasteiger partial charge in [0, 0.05) is 49.4 Å². The number of anilines is 2. The van der Waals surface area contributed by atoms with Gasteiger partial charge in [-0.3, -0.25) is 0 Å². The Bertz CT molecular complexity index is 1060. The second-order valence-corrected chi connectivity index (χ2v) is 8.31. The monoisotopic (exact) mass is 421 g/mol. The molecule has 0 aliphatic carbocycles. The lowest BCUT2D eigenvalue weighted by Gasteiger charge is -2.36. The van der Waals surface area contributed by atoms with E-state index in [1.807, 2.05) is 13.0 Å². The third-order valence-corrected chi connectivity index (χ3v) is 6.34. The van der Waals surface area contributed by atoms with E-state index in [1.54, 1.807) is 6.20 Å². The van der Waals surface area contributed by atoms with Crippen molar-refractivity contribution in [1.29, 1.82) is 0 Å². The van der Waals surface area contributed by atoms with Gasteiger partial charge < -0.3 is 19.6 Å². The summed E-state index contributed by atoms with van der Waals surface area (Å²) in [5, 5.41) is 32.8. The van der Waals surface area contributed by atoms with Gasteiger partial charge in [0.15, 0.2) is 5.82 Å². The zero-order chi connectivity index (χ0) is 21.2. The number of piperidine rings is 1. The van der Waals surface area contributed by atoms with Crippen LogP contribution in [-0.4, -0.2) is 70.1 Å². The topological polar surface area (TPSA) is 100 Å². The fourth-order valence-electron chi connectivity index (χ4n) is 4.59. The van der Waals surface area contributed by atoms with Crippen molar-refractivity contribution in [3.8, 4) is 0 Å². The van der Waals surface area contributed by atoms with E-state index in [0.717, 1.165) is 73.7 Å². The first-order chi connectivity index (χ1) is 15.2. The molecule has 2 fully saturated rings. The lowest BCUT2D eigenvalue weighted by atomic mass is 9.89. The van der Waals surface area contributed by atoms with E-state index >= 15 is 0 Å². The molecule has 2 aliphatic heterocycles. The Morgan fingerprint density at radius 3 is 2.77 bits per heavy atom. The highest BCUT2D eigenvalue weighted by Gasteiger charge is 2.30. The van der Waals surface area contributed by atoms with Crippen molar-refractivity contribution >= 4 is 22.4 Å². The van der Waals surface area contributed by atoms with Crippen LogP contribution < -0.4 is 9.80 Å². The van der Waals surface area contributed by atoms with Crippen LogP contribution in [0.2, 0.25) is 0 Å².